The summed E-state index contributed by atoms with van der Waals surface area (Å²) in [5.74, 6) is 2.24. The normalized spacial score (nSPS) is 12.5. The molecule has 3 N–H and O–H groups in total. The lowest BCUT2D eigenvalue weighted by molar-refractivity contribution is 0.379. The van der Waals surface area contributed by atoms with Crippen LogP contribution in [-0.2, 0) is 18.5 Å². The van der Waals surface area contributed by atoms with Crippen LogP contribution in [0.1, 0.15) is 45.0 Å². The second-order valence-corrected chi connectivity index (χ2v) is 6.00. The van der Waals surface area contributed by atoms with Crippen molar-refractivity contribution in [2.45, 2.75) is 46.2 Å². The Bertz CT molecular complexity index is 594. The second-order valence-electron chi connectivity index (χ2n) is 6.00. The van der Waals surface area contributed by atoms with Gasteiger partial charge in [-0.05, 0) is 13.0 Å². The van der Waals surface area contributed by atoms with Crippen molar-refractivity contribution in [3.63, 3.8) is 0 Å². The van der Waals surface area contributed by atoms with Crippen LogP contribution in [0, 0.1) is 0 Å². The van der Waals surface area contributed by atoms with Gasteiger partial charge in [-0.15, -0.1) is 0 Å². The van der Waals surface area contributed by atoms with E-state index in [1.807, 2.05) is 13.0 Å². The average molecular weight is 304 g/mol. The third-order valence-corrected chi connectivity index (χ3v) is 3.01. The molecule has 2 aromatic heterocycles. The lowest BCUT2D eigenvalue weighted by atomic mass is 9.94. The quantitative estimate of drug-likeness (QED) is 0.580. The topological polar surface area (TPSA) is 91.1 Å². The van der Waals surface area contributed by atoms with Crippen LogP contribution in [0.4, 0.5) is 0 Å². The molecule has 0 fully saturated rings. The Balaban J connectivity index is 1.93. The number of nitrogens with zero attached hydrogens (tertiary/aromatic N) is 3. The molecule has 0 unspecified atom stereocenters. The van der Waals surface area contributed by atoms with Crippen LogP contribution in [0.15, 0.2) is 27.9 Å². The van der Waals surface area contributed by atoms with Crippen molar-refractivity contribution < 1.29 is 4.42 Å². The SMILES string of the molecule is CCNC(=NCc1ccn[nH]1)NCc1ncc(C(C)(C)C)o1. The number of aliphatic imine (C=N–C) groups is 1. The molecule has 7 heteroatoms. The molecule has 7 nitrogen and oxygen atoms in total. The standard InChI is InChI=1S/C15H24N6O/c1-5-16-14(18-8-11-6-7-20-21-11)19-10-13-17-9-12(22-13)15(2,3)4/h6-7,9H,5,8,10H2,1-4H3,(H,20,21)(H2,16,18,19). The van der Waals surface area contributed by atoms with E-state index in [-0.39, 0.29) is 5.41 Å². The van der Waals surface area contributed by atoms with Crippen LogP contribution < -0.4 is 10.6 Å². The summed E-state index contributed by atoms with van der Waals surface area (Å²) < 4.78 is 5.75. The van der Waals surface area contributed by atoms with E-state index in [1.54, 1.807) is 12.4 Å². The third-order valence-electron chi connectivity index (χ3n) is 3.01. The van der Waals surface area contributed by atoms with E-state index in [1.165, 1.54) is 0 Å². The summed E-state index contributed by atoms with van der Waals surface area (Å²) in [6.07, 6.45) is 3.50. The summed E-state index contributed by atoms with van der Waals surface area (Å²) >= 11 is 0. The van der Waals surface area contributed by atoms with E-state index in [0.29, 0.717) is 24.9 Å². The molecule has 0 atom stereocenters. The van der Waals surface area contributed by atoms with Crippen molar-refractivity contribution in [3.05, 3.63) is 35.8 Å². The Hall–Kier alpha value is -2.31. The van der Waals surface area contributed by atoms with Gasteiger partial charge in [-0.3, -0.25) is 5.10 Å². The molecular formula is C15H24N6O. The van der Waals surface area contributed by atoms with E-state index in [0.717, 1.165) is 18.0 Å². The fourth-order valence-electron chi connectivity index (χ4n) is 1.78. The maximum Gasteiger partial charge on any atom is 0.213 e. The highest BCUT2D eigenvalue weighted by Crippen LogP contribution is 2.22. The maximum absolute atomic E-state index is 5.75. The minimum absolute atomic E-state index is 0.0372. The van der Waals surface area contributed by atoms with Gasteiger partial charge in [0.15, 0.2) is 5.96 Å². The van der Waals surface area contributed by atoms with Crippen molar-refractivity contribution in [2.24, 2.45) is 4.99 Å². The van der Waals surface area contributed by atoms with Crippen LogP contribution in [0.2, 0.25) is 0 Å². The van der Waals surface area contributed by atoms with E-state index in [2.05, 4.69) is 51.6 Å². The lowest BCUT2D eigenvalue weighted by Gasteiger charge is -2.13. The van der Waals surface area contributed by atoms with Gasteiger partial charge in [0.25, 0.3) is 0 Å². The summed E-state index contributed by atoms with van der Waals surface area (Å²) in [6, 6.07) is 1.90. The first-order valence-electron chi connectivity index (χ1n) is 7.44. The van der Waals surface area contributed by atoms with Crippen LogP contribution in [0.3, 0.4) is 0 Å². The van der Waals surface area contributed by atoms with Gasteiger partial charge >= 0.3 is 0 Å². The molecule has 0 saturated carbocycles. The molecule has 0 radical (unpaired) electrons. The smallest absolute Gasteiger partial charge is 0.213 e. The number of rotatable bonds is 5. The zero-order chi connectivity index (χ0) is 16.0. The van der Waals surface area contributed by atoms with Crippen molar-refractivity contribution in [3.8, 4) is 0 Å². The molecule has 0 aliphatic heterocycles. The molecule has 2 aromatic rings. The Morgan fingerprint density at radius 1 is 1.36 bits per heavy atom. The molecule has 120 valence electrons. The van der Waals surface area contributed by atoms with Crippen LogP contribution >= 0.6 is 0 Å². The number of hydrogen-bond donors (Lipinski definition) is 3. The zero-order valence-electron chi connectivity index (χ0n) is 13.6. The van der Waals surface area contributed by atoms with Gasteiger partial charge in [-0.1, -0.05) is 20.8 Å². The fourth-order valence-corrected chi connectivity index (χ4v) is 1.78. The number of hydrogen-bond acceptors (Lipinski definition) is 4. The maximum atomic E-state index is 5.75. The lowest BCUT2D eigenvalue weighted by Crippen LogP contribution is -2.36. The van der Waals surface area contributed by atoms with Crippen LogP contribution in [0.5, 0.6) is 0 Å². The van der Waals surface area contributed by atoms with E-state index < -0.39 is 0 Å². The summed E-state index contributed by atoms with van der Waals surface area (Å²) in [4.78, 5) is 8.78. The number of guanidine groups is 1. The van der Waals surface area contributed by atoms with Gasteiger partial charge in [0.2, 0.25) is 5.89 Å². The molecule has 0 aliphatic rings. The second kappa shape index (κ2) is 7.11. The van der Waals surface area contributed by atoms with Gasteiger partial charge < -0.3 is 15.1 Å². The minimum atomic E-state index is -0.0372. The Morgan fingerprint density at radius 3 is 2.77 bits per heavy atom. The Morgan fingerprint density at radius 2 is 2.18 bits per heavy atom. The average Bonchev–Trinajstić information content (AvgIpc) is 3.12. The summed E-state index contributed by atoms with van der Waals surface area (Å²) in [5.41, 5.74) is 0.924. The first kappa shape index (κ1) is 16.1. The Labute approximate surface area is 130 Å². The number of aromatic amines is 1. The van der Waals surface area contributed by atoms with Crippen molar-refractivity contribution in [1.82, 2.24) is 25.8 Å². The van der Waals surface area contributed by atoms with Gasteiger partial charge in [0, 0.05) is 18.2 Å². The molecule has 22 heavy (non-hydrogen) atoms. The molecule has 2 rings (SSSR count). The van der Waals surface area contributed by atoms with Gasteiger partial charge in [-0.25, -0.2) is 9.98 Å². The first-order valence-corrected chi connectivity index (χ1v) is 7.44. The molecule has 0 spiro atoms. The van der Waals surface area contributed by atoms with E-state index >= 15 is 0 Å². The predicted molar refractivity (Wildman–Crippen MR) is 85.4 cm³/mol. The van der Waals surface area contributed by atoms with Crippen molar-refractivity contribution in [2.75, 3.05) is 6.54 Å². The largest absolute Gasteiger partial charge is 0.443 e. The summed E-state index contributed by atoms with van der Waals surface area (Å²) in [5, 5.41) is 13.2. The molecule has 0 saturated heterocycles. The molecule has 0 bridgehead atoms. The zero-order valence-corrected chi connectivity index (χ0v) is 13.6. The Kier molecular flexibility index (Phi) is 5.19. The van der Waals surface area contributed by atoms with Gasteiger partial charge in [-0.2, -0.15) is 5.10 Å². The van der Waals surface area contributed by atoms with Gasteiger partial charge in [0.1, 0.15) is 5.76 Å². The first-order chi connectivity index (χ1) is 10.5. The molecule has 0 amide bonds. The summed E-state index contributed by atoms with van der Waals surface area (Å²) in [6.45, 7) is 10.1. The van der Waals surface area contributed by atoms with E-state index in [4.69, 9.17) is 4.42 Å². The van der Waals surface area contributed by atoms with E-state index in [9.17, 15) is 0 Å². The number of nitrogens with one attached hydrogen (secondary N) is 3. The highest BCUT2D eigenvalue weighted by Gasteiger charge is 2.19. The third kappa shape index (κ3) is 4.61. The monoisotopic (exact) mass is 304 g/mol. The molecule has 0 aliphatic carbocycles. The molecule has 0 aromatic carbocycles. The number of H-pyrrole nitrogens is 1. The number of aromatic nitrogens is 3. The van der Waals surface area contributed by atoms with Crippen molar-refractivity contribution >= 4 is 5.96 Å². The van der Waals surface area contributed by atoms with Crippen molar-refractivity contribution in [1.29, 1.82) is 0 Å². The number of oxazole rings is 1. The fraction of sp³-hybridized carbons (Fsp3) is 0.533. The van der Waals surface area contributed by atoms with Crippen LogP contribution in [-0.4, -0.2) is 27.7 Å². The molecule has 2 heterocycles. The highest BCUT2D eigenvalue weighted by atomic mass is 16.4. The summed E-state index contributed by atoms with van der Waals surface area (Å²) in [7, 11) is 0. The predicted octanol–water partition coefficient (Wildman–Crippen LogP) is 1.95. The highest BCUT2D eigenvalue weighted by molar-refractivity contribution is 5.79. The minimum Gasteiger partial charge on any atom is -0.443 e. The van der Waals surface area contributed by atoms with Gasteiger partial charge in [0.05, 0.1) is 25.0 Å². The van der Waals surface area contributed by atoms with Crippen LogP contribution in [0.25, 0.3) is 0 Å². The molecular weight excluding hydrogens is 280 g/mol.